The van der Waals surface area contributed by atoms with Gasteiger partial charge in [0.1, 0.15) is 23.6 Å². The van der Waals surface area contributed by atoms with E-state index in [4.69, 9.17) is 9.15 Å². The molecular weight excluding hydrogens is 593 g/mol. The number of rotatable bonds is 7. The van der Waals surface area contributed by atoms with Crippen molar-refractivity contribution in [1.29, 1.82) is 0 Å². The van der Waals surface area contributed by atoms with Crippen molar-refractivity contribution in [1.82, 2.24) is 10.2 Å². The number of amides is 3. The number of hydrogen-bond acceptors (Lipinski definition) is 6. The van der Waals surface area contributed by atoms with Crippen LogP contribution in [0.15, 0.2) is 34.6 Å². The van der Waals surface area contributed by atoms with Crippen LogP contribution in [-0.4, -0.2) is 52.1 Å². The second kappa shape index (κ2) is 13.8. The van der Waals surface area contributed by atoms with Gasteiger partial charge >= 0.3 is 12.1 Å². The van der Waals surface area contributed by atoms with Gasteiger partial charge in [-0.2, -0.15) is 0 Å². The molecule has 0 spiro atoms. The van der Waals surface area contributed by atoms with E-state index in [2.05, 4.69) is 10.6 Å². The fourth-order valence-electron chi connectivity index (χ4n) is 7.70. The number of benzene rings is 1. The molecular formula is C35H46FN3O7. The summed E-state index contributed by atoms with van der Waals surface area (Å²) in [6, 6.07) is 4.45. The van der Waals surface area contributed by atoms with Crippen LogP contribution < -0.4 is 10.6 Å². The topological polar surface area (TPSA) is 138 Å². The lowest BCUT2D eigenvalue weighted by Crippen LogP contribution is -2.49. The highest BCUT2D eigenvalue weighted by atomic mass is 19.1. The van der Waals surface area contributed by atoms with Gasteiger partial charge in [0.05, 0.1) is 5.70 Å². The van der Waals surface area contributed by atoms with E-state index < -0.39 is 23.7 Å². The Labute approximate surface area is 269 Å². The van der Waals surface area contributed by atoms with E-state index in [1.165, 1.54) is 6.42 Å². The van der Waals surface area contributed by atoms with E-state index >= 15 is 0 Å². The molecule has 2 aromatic rings. The Morgan fingerprint density at radius 1 is 1.00 bits per heavy atom. The van der Waals surface area contributed by atoms with Gasteiger partial charge in [-0.25, -0.2) is 14.0 Å². The average Bonchev–Trinajstić information content (AvgIpc) is 3.61. The summed E-state index contributed by atoms with van der Waals surface area (Å²) in [6.07, 6.45) is 8.10. The van der Waals surface area contributed by atoms with Crippen LogP contribution in [0.4, 0.5) is 14.9 Å². The third-order valence-electron chi connectivity index (χ3n) is 9.93. The van der Waals surface area contributed by atoms with Crippen LogP contribution in [-0.2, 0) is 14.3 Å². The van der Waals surface area contributed by atoms with E-state index in [-0.39, 0.29) is 41.0 Å². The van der Waals surface area contributed by atoms with Crippen LogP contribution in [0.2, 0.25) is 0 Å². The minimum Gasteiger partial charge on any atom is -0.475 e. The molecule has 10 nitrogen and oxygen atoms in total. The van der Waals surface area contributed by atoms with Crippen LogP contribution in [0.25, 0.3) is 11.0 Å². The number of carboxylic acids is 1. The molecule has 1 aliphatic heterocycles. The summed E-state index contributed by atoms with van der Waals surface area (Å²) < 4.78 is 24.6. The number of carbonyl (C=O) groups is 4. The van der Waals surface area contributed by atoms with Gasteiger partial charge in [-0.15, -0.1) is 0 Å². The lowest BCUT2D eigenvalue weighted by molar-refractivity contribution is -0.142. The zero-order chi connectivity index (χ0) is 33.2. The average molecular weight is 640 g/mol. The monoisotopic (exact) mass is 639 g/mol. The second-order valence-electron chi connectivity index (χ2n) is 14.1. The molecule has 46 heavy (non-hydrogen) atoms. The van der Waals surface area contributed by atoms with Gasteiger partial charge in [-0.3, -0.25) is 14.9 Å². The predicted octanol–water partition coefficient (Wildman–Crippen LogP) is 7.32. The quantitative estimate of drug-likeness (QED) is 0.289. The number of aromatic carboxylic acids is 1. The van der Waals surface area contributed by atoms with Crippen molar-refractivity contribution in [3.05, 3.63) is 41.5 Å². The molecule has 0 radical (unpaired) electrons. The van der Waals surface area contributed by atoms with Gasteiger partial charge in [-0.05, 0) is 89.8 Å². The van der Waals surface area contributed by atoms with Crippen LogP contribution >= 0.6 is 0 Å². The first kappa shape index (κ1) is 33.5. The number of carbonyl (C=O) groups excluding carboxylic acids is 3. The molecule has 2 heterocycles. The summed E-state index contributed by atoms with van der Waals surface area (Å²) in [7, 11) is 0. The minimum absolute atomic E-state index is 0.0463. The Hall–Kier alpha value is -3.89. The van der Waals surface area contributed by atoms with Crippen LogP contribution in [0, 0.1) is 30.6 Å². The molecule has 250 valence electrons. The van der Waals surface area contributed by atoms with Crippen molar-refractivity contribution in [3.8, 4) is 0 Å². The first-order valence-electron chi connectivity index (χ1n) is 16.5. The number of nitrogens with zero attached hydrogens (tertiary/aromatic N) is 1. The van der Waals surface area contributed by atoms with E-state index in [0.29, 0.717) is 66.7 Å². The van der Waals surface area contributed by atoms with Crippen molar-refractivity contribution in [2.75, 3.05) is 11.9 Å². The maximum Gasteiger partial charge on any atom is 0.411 e. The molecule has 1 aromatic carbocycles. The summed E-state index contributed by atoms with van der Waals surface area (Å²) in [5.41, 5.74) is 0.880. The largest absolute Gasteiger partial charge is 0.475 e. The highest BCUT2D eigenvalue weighted by Crippen LogP contribution is 2.42. The number of alkyl carbamates (subject to hydrolysis) is 1. The molecule has 0 bridgehead atoms. The number of furan rings is 1. The fraction of sp³-hybridized carbons (Fsp3) is 0.600. The van der Waals surface area contributed by atoms with Gasteiger partial charge < -0.3 is 24.5 Å². The molecule has 2 aliphatic carbocycles. The first-order valence-corrected chi connectivity index (χ1v) is 16.5. The zero-order valence-corrected chi connectivity index (χ0v) is 27.2. The summed E-state index contributed by atoms with van der Waals surface area (Å²) >= 11 is 0. The zero-order valence-electron chi connectivity index (χ0n) is 27.2. The minimum atomic E-state index is -1.15. The highest BCUT2D eigenvalue weighted by Gasteiger charge is 2.47. The third-order valence-corrected chi connectivity index (χ3v) is 9.93. The second-order valence-corrected chi connectivity index (χ2v) is 14.1. The Morgan fingerprint density at radius 3 is 2.30 bits per heavy atom. The van der Waals surface area contributed by atoms with Gasteiger partial charge in [-0.1, -0.05) is 32.1 Å². The van der Waals surface area contributed by atoms with Gasteiger partial charge in [0.25, 0.3) is 0 Å². The highest BCUT2D eigenvalue weighted by molar-refractivity contribution is 6.01. The maximum absolute atomic E-state index is 14.1. The number of ether oxygens (including phenoxy) is 1. The molecule has 3 fully saturated rings. The van der Waals surface area contributed by atoms with Crippen LogP contribution in [0.5, 0.6) is 0 Å². The van der Waals surface area contributed by atoms with Crippen LogP contribution in [0.3, 0.4) is 0 Å². The maximum atomic E-state index is 14.1. The molecule has 5 rings (SSSR count). The third kappa shape index (κ3) is 7.39. The standard InChI is InChI=1S/C35H46FN3O7/c1-20-26-18-24(14-15-28(26)45-30(20)33(42)43)37-31(40)29-25(21-8-6-5-7-9-21)16-17-39(29)32(41)23-12-10-22(11-13-23)27(19-36)38-34(44)46-35(2,3)4/h14-15,18-19,21-23,25,29H,5-13,16-17H2,1-4H3,(H,37,40)(H,38,44)(H,42,43)/b27-19-/t22?,23?,25-,29-/m0/s1. The van der Waals surface area contributed by atoms with E-state index in [0.717, 1.165) is 32.1 Å². The first-order chi connectivity index (χ1) is 21.9. The van der Waals surface area contributed by atoms with Crippen molar-refractivity contribution in [2.24, 2.45) is 23.7 Å². The molecule has 2 atom stereocenters. The molecule has 3 aliphatic rings. The fourth-order valence-corrected chi connectivity index (χ4v) is 7.70. The van der Waals surface area contributed by atoms with Crippen molar-refractivity contribution in [3.63, 3.8) is 0 Å². The number of carboxylic acid groups (broad SMARTS) is 1. The number of hydrogen-bond donors (Lipinski definition) is 3. The molecule has 1 saturated heterocycles. The normalized spacial score (nSPS) is 24.5. The molecule has 0 unspecified atom stereocenters. The Bertz CT molecular complexity index is 1500. The van der Waals surface area contributed by atoms with Crippen LogP contribution in [0.1, 0.15) is 101 Å². The summed E-state index contributed by atoms with van der Waals surface area (Å²) in [4.78, 5) is 53.7. The number of allylic oxidation sites excluding steroid dienone is 1. The number of halogens is 1. The molecule has 11 heteroatoms. The van der Waals surface area contributed by atoms with E-state index in [1.54, 1.807) is 50.8 Å². The smallest absolute Gasteiger partial charge is 0.411 e. The number of nitrogens with one attached hydrogen (secondary N) is 2. The SMILES string of the molecule is Cc1c(C(=O)O)oc2ccc(NC(=O)[C@@H]3[C@H](C4CCCCC4)CCN3C(=O)C3CCC(/C(=C/F)NC(=O)OC(C)(C)C)CC3)cc12. The molecule has 3 amide bonds. The number of likely N-dealkylation sites (tertiary alicyclic amines) is 1. The summed E-state index contributed by atoms with van der Waals surface area (Å²) in [6.45, 7) is 7.40. The van der Waals surface area contributed by atoms with Gasteiger partial charge in [0, 0.05) is 35.0 Å². The molecule has 3 N–H and O–H groups in total. The summed E-state index contributed by atoms with van der Waals surface area (Å²) in [5.74, 6) is -1.68. The lowest BCUT2D eigenvalue weighted by Gasteiger charge is -2.36. The lowest BCUT2D eigenvalue weighted by atomic mass is 9.76. The number of fused-ring (bicyclic) bond motifs is 1. The number of aryl methyl sites for hydroxylation is 1. The van der Waals surface area contributed by atoms with E-state index in [1.807, 2.05) is 0 Å². The molecule has 2 saturated carbocycles. The van der Waals surface area contributed by atoms with Crippen molar-refractivity contribution in [2.45, 2.75) is 104 Å². The Balaban J connectivity index is 1.29. The van der Waals surface area contributed by atoms with Crippen molar-refractivity contribution < 1.29 is 37.8 Å². The van der Waals surface area contributed by atoms with Gasteiger partial charge in [0.15, 0.2) is 0 Å². The Kier molecular flexibility index (Phi) is 10.1. The predicted molar refractivity (Wildman–Crippen MR) is 171 cm³/mol. The Morgan fingerprint density at radius 2 is 1.67 bits per heavy atom. The van der Waals surface area contributed by atoms with Crippen molar-refractivity contribution >= 4 is 40.5 Å². The summed E-state index contributed by atoms with van der Waals surface area (Å²) in [5, 5.41) is 15.6. The van der Waals surface area contributed by atoms with E-state index in [9.17, 15) is 28.7 Å². The molecule has 1 aromatic heterocycles. The number of anilines is 1. The van der Waals surface area contributed by atoms with Gasteiger partial charge in [0.2, 0.25) is 17.6 Å².